The Morgan fingerprint density at radius 1 is 0.596 bits per heavy atom. The van der Waals surface area contributed by atoms with E-state index in [0.29, 0.717) is 13.0 Å². The van der Waals surface area contributed by atoms with Crippen LogP contribution in [0.5, 0.6) is 0 Å². The van der Waals surface area contributed by atoms with E-state index in [2.05, 4.69) is 79.8 Å². The summed E-state index contributed by atoms with van der Waals surface area (Å²) in [5.74, 6) is -0.447. The largest absolute Gasteiger partial charge is 0.457 e. The van der Waals surface area contributed by atoms with Crippen molar-refractivity contribution in [1.82, 2.24) is 0 Å². The number of aliphatic hydroxyl groups excluding tert-OH is 7. The van der Waals surface area contributed by atoms with Crippen LogP contribution in [0.4, 0.5) is 0 Å². The van der Waals surface area contributed by atoms with E-state index in [-0.39, 0.29) is 19.6 Å². The van der Waals surface area contributed by atoms with Crippen molar-refractivity contribution in [1.29, 1.82) is 0 Å². The van der Waals surface area contributed by atoms with Gasteiger partial charge in [0.2, 0.25) is 0 Å². The smallest absolute Gasteiger partial charge is 0.306 e. The fraction of sp³-hybridized carbons (Fsp3) is 0.698. The van der Waals surface area contributed by atoms with Gasteiger partial charge in [0, 0.05) is 13.0 Å². The van der Waals surface area contributed by atoms with E-state index in [1.54, 1.807) is 0 Å². The molecule has 0 aromatic rings. The maximum absolute atomic E-state index is 12.3. The van der Waals surface area contributed by atoms with Gasteiger partial charge in [-0.2, -0.15) is 0 Å². The van der Waals surface area contributed by atoms with Gasteiger partial charge >= 0.3 is 5.97 Å². The van der Waals surface area contributed by atoms with E-state index >= 15 is 0 Å². The molecule has 326 valence electrons. The predicted octanol–water partition coefficient (Wildman–Crippen LogP) is 3.61. The number of ether oxygens (including phenoxy) is 6. The number of carbonyl (C=O) groups is 1. The lowest BCUT2D eigenvalue weighted by atomic mass is 9.98. The highest BCUT2D eigenvalue weighted by Crippen LogP contribution is 2.26. The van der Waals surface area contributed by atoms with E-state index in [4.69, 9.17) is 28.4 Å². The third-order valence-electron chi connectivity index (χ3n) is 9.20. The van der Waals surface area contributed by atoms with Crippen LogP contribution in [-0.4, -0.2) is 142 Å². The van der Waals surface area contributed by atoms with Crippen LogP contribution < -0.4 is 0 Å². The monoisotopic (exact) mass is 810 g/mol. The molecular weight excluding hydrogens is 740 g/mol. The quantitative estimate of drug-likeness (QED) is 0.0327. The van der Waals surface area contributed by atoms with Gasteiger partial charge in [-0.25, -0.2) is 0 Å². The molecule has 2 rings (SSSR count). The zero-order chi connectivity index (χ0) is 41.7. The van der Waals surface area contributed by atoms with Crippen LogP contribution in [-0.2, 0) is 33.2 Å². The molecule has 2 heterocycles. The maximum atomic E-state index is 12.3. The second-order valence-electron chi connectivity index (χ2n) is 14.1. The van der Waals surface area contributed by atoms with E-state index in [0.717, 1.165) is 64.2 Å². The zero-order valence-corrected chi connectivity index (χ0v) is 33.8. The van der Waals surface area contributed by atoms with Gasteiger partial charge in [-0.3, -0.25) is 4.79 Å². The fourth-order valence-corrected chi connectivity index (χ4v) is 5.85. The second-order valence-corrected chi connectivity index (χ2v) is 14.1. The van der Waals surface area contributed by atoms with Gasteiger partial charge in [0.15, 0.2) is 12.6 Å². The second kappa shape index (κ2) is 31.4. The molecule has 2 aliphatic rings. The predicted molar refractivity (Wildman–Crippen MR) is 215 cm³/mol. The standard InChI is InChI=1S/C43H70O14/c1-3-5-6-7-8-9-10-11-12-13-14-15-16-17-18-19-20-21-22-23-24-25-27-52-29-32(55-35(45)26-4-2)30-53-42-41(51)39(49)37(47)34(57-42)31-54-43-40(50)38(48)36(46)33(28-44)56-43/h5-6,8-9,11-12,14-15,17-18,20-21,32-34,36-44,46-51H,3-4,7,10,13,16,19,22-31H2,1-2H3/b6-5-,9-8-,12-11-,15-14-,18-17-,21-20-. The van der Waals surface area contributed by atoms with Gasteiger partial charge in [0.25, 0.3) is 0 Å². The summed E-state index contributed by atoms with van der Waals surface area (Å²) < 4.78 is 33.5. The summed E-state index contributed by atoms with van der Waals surface area (Å²) in [4.78, 5) is 12.3. The van der Waals surface area contributed by atoms with Gasteiger partial charge in [0.05, 0.1) is 26.4 Å². The molecule has 2 saturated heterocycles. The van der Waals surface area contributed by atoms with Crippen LogP contribution in [0.25, 0.3) is 0 Å². The summed E-state index contributed by atoms with van der Waals surface area (Å²) >= 11 is 0. The van der Waals surface area contributed by atoms with Crippen LogP contribution in [0, 0.1) is 0 Å². The number of aliphatic hydroxyl groups is 7. The maximum Gasteiger partial charge on any atom is 0.306 e. The van der Waals surface area contributed by atoms with E-state index < -0.39 is 86.7 Å². The van der Waals surface area contributed by atoms with Crippen molar-refractivity contribution in [2.45, 2.75) is 158 Å². The van der Waals surface area contributed by atoms with E-state index in [1.165, 1.54) is 0 Å². The minimum Gasteiger partial charge on any atom is -0.457 e. The molecule has 7 N–H and O–H groups in total. The first-order valence-electron chi connectivity index (χ1n) is 20.5. The molecule has 2 fully saturated rings. The van der Waals surface area contributed by atoms with Gasteiger partial charge in [-0.1, -0.05) is 93.2 Å². The van der Waals surface area contributed by atoms with E-state index in [1.807, 2.05) is 6.92 Å². The minimum atomic E-state index is -1.71. The first-order valence-corrected chi connectivity index (χ1v) is 20.5. The third kappa shape index (κ3) is 20.8. The molecule has 14 heteroatoms. The number of rotatable bonds is 29. The molecule has 2 aliphatic heterocycles. The van der Waals surface area contributed by atoms with Crippen molar-refractivity contribution in [3.05, 3.63) is 72.9 Å². The highest BCUT2D eigenvalue weighted by molar-refractivity contribution is 5.69. The van der Waals surface area contributed by atoms with Gasteiger partial charge < -0.3 is 64.2 Å². The number of hydrogen-bond acceptors (Lipinski definition) is 14. The van der Waals surface area contributed by atoms with E-state index in [9.17, 15) is 40.5 Å². The molecule has 11 unspecified atom stereocenters. The molecule has 0 aromatic carbocycles. The third-order valence-corrected chi connectivity index (χ3v) is 9.20. The molecule has 0 spiro atoms. The summed E-state index contributed by atoms with van der Waals surface area (Å²) in [7, 11) is 0. The molecule has 14 nitrogen and oxygen atoms in total. The van der Waals surface area contributed by atoms with Crippen molar-refractivity contribution in [3.63, 3.8) is 0 Å². The Kier molecular flexibility index (Phi) is 27.8. The van der Waals surface area contributed by atoms with Crippen molar-refractivity contribution >= 4 is 5.97 Å². The highest BCUT2D eigenvalue weighted by Gasteiger charge is 2.47. The summed E-state index contributed by atoms with van der Waals surface area (Å²) in [5, 5.41) is 71.2. The summed E-state index contributed by atoms with van der Waals surface area (Å²) in [6.45, 7) is 3.05. The minimum absolute atomic E-state index is 0.0280. The van der Waals surface area contributed by atoms with Crippen LogP contribution in [0.1, 0.15) is 90.9 Å². The molecule has 0 saturated carbocycles. The van der Waals surface area contributed by atoms with Crippen LogP contribution >= 0.6 is 0 Å². The van der Waals surface area contributed by atoms with Crippen LogP contribution in [0.3, 0.4) is 0 Å². The van der Waals surface area contributed by atoms with Crippen LogP contribution in [0.15, 0.2) is 72.9 Å². The highest BCUT2D eigenvalue weighted by atomic mass is 16.7. The Bertz CT molecular complexity index is 1220. The number of unbranched alkanes of at least 4 members (excludes halogenated alkanes) is 3. The average Bonchev–Trinajstić information content (AvgIpc) is 3.20. The normalized spacial score (nSPS) is 29.3. The Balaban J connectivity index is 1.66. The number of esters is 1. The molecule has 0 amide bonds. The number of allylic oxidation sites excluding steroid dienone is 12. The number of hydrogen-bond donors (Lipinski definition) is 7. The van der Waals surface area contributed by atoms with Gasteiger partial charge in [-0.05, 0) is 64.2 Å². The Morgan fingerprint density at radius 3 is 1.65 bits per heavy atom. The average molecular weight is 811 g/mol. The fourth-order valence-electron chi connectivity index (χ4n) is 5.85. The number of carbonyl (C=O) groups excluding carboxylic acids is 1. The molecule has 0 bridgehead atoms. The zero-order valence-electron chi connectivity index (χ0n) is 33.8. The van der Waals surface area contributed by atoms with Gasteiger partial charge in [0.1, 0.15) is 54.9 Å². The molecular formula is C43H70O14. The van der Waals surface area contributed by atoms with Crippen molar-refractivity contribution in [2.24, 2.45) is 0 Å². The Morgan fingerprint density at radius 2 is 1.11 bits per heavy atom. The Labute approximate surface area is 338 Å². The molecule has 0 radical (unpaired) electrons. The Hall–Kier alpha value is -2.57. The summed E-state index contributed by atoms with van der Waals surface area (Å²) in [6.07, 6.45) is 20.3. The topological polar surface area (TPSA) is 214 Å². The lowest BCUT2D eigenvalue weighted by molar-refractivity contribution is -0.332. The van der Waals surface area contributed by atoms with Crippen LogP contribution in [0.2, 0.25) is 0 Å². The molecule has 0 aliphatic carbocycles. The van der Waals surface area contributed by atoms with Crippen molar-refractivity contribution in [2.75, 3.05) is 33.0 Å². The first-order chi connectivity index (χ1) is 27.6. The lowest BCUT2D eigenvalue weighted by Gasteiger charge is -2.42. The summed E-state index contributed by atoms with van der Waals surface area (Å²) in [6, 6.07) is 0. The SMILES string of the molecule is CC/C=C\C/C=C\C/C=C\C/C=C\C/C=C\C/C=C\CCCCCOCC(COC1OC(COC2OC(CO)C(O)C(O)C2O)C(O)C(O)C1O)OC(=O)CCC. The molecule has 11 atom stereocenters. The molecule has 57 heavy (non-hydrogen) atoms. The first kappa shape index (κ1) is 50.6. The lowest BCUT2D eigenvalue weighted by Crippen LogP contribution is -2.61. The van der Waals surface area contributed by atoms with Gasteiger partial charge in [-0.15, -0.1) is 0 Å². The van der Waals surface area contributed by atoms with Crippen molar-refractivity contribution < 1.29 is 69.0 Å². The summed E-state index contributed by atoms with van der Waals surface area (Å²) in [5.41, 5.74) is 0. The van der Waals surface area contributed by atoms with Crippen molar-refractivity contribution in [3.8, 4) is 0 Å². The molecule has 0 aromatic heterocycles.